The third kappa shape index (κ3) is 9.56. The first-order valence-corrected chi connectivity index (χ1v) is 11.0. The number of benzene rings is 2. The quantitative estimate of drug-likeness (QED) is 0.194. The van der Waals surface area contributed by atoms with Crippen LogP contribution in [0.5, 0.6) is 5.75 Å². The fourth-order valence-electron chi connectivity index (χ4n) is 2.46. The van der Waals surface area contributed by atoms with E-state index in [9.17, 15) is 8.42 Å². The van der Waals surface area contributed by atoms with Crippen LogP contribution in [0.4, 0.5) is 0 Å². The summed E-state index contributed by atoms with van der Waals surface area (Å²) in [6.45, 7) is 4.69. The van der Waals surface area contributed by atoms with E-state index in [1.54, 1.807) is 0 Å². The smallest absolute Gasteiger partial charge is 0.208 e. The van der Waals surface area contributed by atoms with E-state index in [0.717, 1.165) is 30.4 Å². The number of hydrogen-bond acceptors (Lipinski definition) is 4. The average Bonchev–Trinajstić information content (AvgIpc) is 2.64. The Morgan fingerprint density at radius 3 is 2.54 bits per heavy atom. The van der Waals surface area contributed by atoms with Crippen LogP contribution in [0.15, 0.2) is 47.5 Å². The first kappa shape index (κ1) is 24.4. The number of sulfonamides is 1. The van der Waals surface area contributed by atoms with Crippen molar-refractivity contribution < 1.29 is 13.2 Å². The molecule has 0 atom stereocenters. The second-order valence-electron chi connectivity index (χ2n) is 6.06. The molecule has 156 valence electrons. The molecule has 2 aromatic rings. The number of halogens is 1. The molecule has 0 bridgehead atoms. The van der Waals surface area contributed by atoms with E-state index in [1.165, 1.54) is 5.39 Å². The third-order valence-electron chi connectivity index (χ3n) is 3.69. The Labute approximate surface area is 184 Å². The number of fused-ring (bicyclic) bond motifs is 1. The van der Waals surface area contributed by atoms with Crippen LogP contribution in [-0.4, -0.2) is 53.4 Å². The van der Waals surface area contributed by atoms with E-state index >= 15 is 0 Å². The lowest BCUT2D eigenvalue weighted by Gasteiger charge is -2.11. The number of guanidine groups is 1. The Morgan fingerprint density at radius 2 is 1.82 bits per heavy atom. The summed E-state index contributed by atoms with van der Waals surface area (Å²) in [6, 6.07) is 14.3. The highest BCUT2D eigenvalue weighted by Gasteiger charge is 2.01. The molecular weight excluding hydrogens is 491 g/mol. The van der Waals surface area contributed by atoms with Gasteiger partial charge in [0.25, 0.3) is 0 Å². The minimum Gasteiger partial charge on any atom is -0.494 e. The lowest BCUT2D eigenvalue weighted by Crippen LogP contribution is -2.41. The predicted octanol–water partition coefficient (Wildman–Crippen LogP) is 2.33. The van der Waals surface area contributed by atoms with Crippen LogP contribution >= 0.6 is 24.0 Å². The number of aliphatic imine (C=N–C) groups is 1. The second kappa shape index (κ2) is 12.8. The van der Waals surface area contributed by atoms with Gasteiger partial charge < -0.3 is 15.4 Å². The first-order valence-electron chi connectivity index (χ1n) is 9.06. The Morgan fingerprint density at radius 1 is 1.07 bits per heavy atom. The molecule has 3 N–H and O–H groups in total. The van der Waals surface area contributed by atoms with E-state index in [-0.39, 0.29) is 24.0 Å². The van der Waals surface area contributed by atoms with Crippen LogP contribution in [0, 0.1) is 0 Å². The van der Waals surface area contributed by atoms with Gasteiger partial charge in [0.1, 0.15) is 5.75 Å². The highest BCUT2D eigenvalue weighted by atomic mass is 127. The first-order chi connectivity index (χ1) is 13.0. The van der Waals surface area contributed by atoms with Crippen molar-refractivity contribution in [2.24, 2.45) is 4.99 Å². The Hall–Kier alpha value is -1.59. The molecule has 0 unspecified atom stereocenters. The van der Waals surface area contributed by atoms with Gasteiger partial charge in [-0.2, -0.15) is 0 Å². The topological polar surface area (TPSA) is 91.8 Å². The molecule has 0 aliphatic heterocycles. The summed E-state index contributed by atoms with van der Waals surface area (Å²) in [5.41, 5.74) is 0. The molecule has 0 heterocycles. The van der Waals surface area contributed by atoms with Gasteiger partial charge in [-0.3, -0.25) is 4.99 Å². The largest absolute Gasteiger partial charge is 0.494 e. The maximum Gasteiger partial charge on any atom is 0.208 e. The SMILES string of the molecule is CCNC(=NCCCOc1ccc2ccccc2c1)NCCNS(C)(=O)=O.I. The molecule has 2 aromatic carbocycles. The summed E-state index contributed by atoms with van der Waals surface area (Å²) in [4.78, 5) is 4.47. The zero-order valence-electron chi connectivity index (χ0n) is 16.3. The normalized spacial score (nSPS) is 11.7. The molecule has 0 spiro atoms. The minimum absolute atomic E-state index is 0. The number of ether oxygens (including phenoxy) is 1. The Kier molecular flexibility index (Phi) is 11.2. The van der Waals surface area contributed by atoms with Crippen LogP contribution in [0.3, 0.4) is 0 Å². The van der Waals surface area contributed by atoms with E-state index in [1.807, 2.05) is 31.2 Å². The van der Waals surface area contributed by atoms with Gasteiger partial charge in [0.15, 0.2) is 5.96 Å². The van der Waals surface area contributed by atoms with Gasteiger partial charge in [-0.25, -0.2) is 13.1 Å². The molecule has 0 aromatic heterocycles. The lowest BCUT2D eigenvalue weighted by atomic mass is 10.1. The molecule has 0 aliphatic carbocycles. The monoisotopic (exact) mass is 520 g/mol. The molecular formula is C19H29IN4O3S. The van der Waals surface area contributed by atoms with Crippen molar-refractivity contribution in [3.63, 3.8) is 0 Å². The Balaban J connectivity index is 0.00000392. The van der Waals surface area contributed by atoms with Gasteiger partial charge in [0.2, 0.25) is 10.0 Å². The van der Waals surface area contributed by atoms with E-state index < -0.39 is 10.0 Å². The van der Waals surface area contributed by atoms with Crippen molar-refractivity contribution in [2.45, 2.75) is 13.3 Å². The summed E-state index contributed by atoms with van der Waals surface area (Å²) in [5.74, 6) is 1.52. The fraction of sp³-hybridized carbons (Fsp3) is 0.421. The van der Waals surface area contributed by atoms with Crippen LogP contribution < -0.4 is 20.1 Å². The molecule has 0 saturated carbocycles. The molecule has 0 amide bonds. The standard InChI is InChI=1S/C19H28N4O3S.HI/c1-3-20-19(22-12-13-23-27(2,24)25)21-11-6-14-26-18-10-9-16-7-4-5-8-17(16)15-18;/h4-5,7-10,15,23H,3,6,11-14H2,1-2H3,(H2,20,21,22);1H. The van der Waals surface area contributed by atoms with Crippen LogP contribution in [-0.2, 0) is 10.0 Å². The molecule has 0 fully saturated rings. The van der Waals surface area contributed by atoms with Crippen molar-refractivity contribution in [2.75, 3.05) is 39.0 Å². The van der Waals surface area contributed by atoms with Gasteiger partial charge in [-0.15, -0.1) is 24.0 Å². The number of hydrogen-bond donors (Lipinski definition) is 3. The summed E-state index contributed by atoms with van der Waals surface area (Å²) in [7, 11) is -3.17. The van der Waals surface area contributed by atoms with Gasteiger partial charge in [-0.05, 0) is 29.8 Å². The second-order valence-corrected chi connectivity index (χ2v) is 7.90. The summed E-state index contributed by atoms with van der Waals surface area (Å²) in [5, 5.41) is 8.58. The summed E-state index contributed by atoms with van der Waals surface area (Å²) in [6.07, 6.45) is 1.92. The van der Waals surface area contributed by atoms with Crippen molar-refractivity contribution in [1.29, 1.82) is 0 Å². The maximum absolute atomic E-state index is 11.0. The molecule has 2 rings (SSSR count). The summed E-state index contributed by atoms with van der Waals surface area (Å²) < 4.78 is 30.3. The van der Waals surface area contributed by atoms with Crippen LogP contribution in [0.1, 0.15) is 13.3 Å². The van der Waals surface area contributed by atoms with Crippen molar-refractivity contribution in [3.8, 4) is 5.75 Å². The third-order valence-corrected chi connectivity index (χ3v) is 4.42. The molecule has 28 heavy (non-hydrogen) atoms. The summed E-state index contributed by atoms with van der Waals surface area (Å²) >= 11 is 0. The highest BCUT2D eigenvalue weighted by molar-refractivity contribution is 14.0. The average molecular weight is 520 g/mol. The van der Waals surface area contributed by atoms with Gasteiger partial charge in [-0.1, -0.05) is 30.3 Å². The minimum atomic E-state index is -3.17. The van der Waals surface area contributed by atoms with Gasteiger partial charge in [0.05, 0.1) is 12.9 Å². The number of rotatable bonds is 10. The predicted molar refractivity (Wildman–Crippen MR) is 126 cm³/mol. The van der Waals surface area contributed by atoms with E-state index in [0.29, 0.717) is 32.2 Å². The highest BCUT2D eigenvalue weighted by Crippen LogP contribution is 2.20. The van der Waals surface area contributed by atoms with Crippen molar-refractivity contribution in [1.82, 2.24) is 15.4 Å². The zero-order valence-corrected chi connectivity index (χ0v) is 19.4. The van der Waals surface area contributed by atoms with E-state index in [2.05, 4.69) is 38.5 Å². The van der Waals surface area contributed by atoms with Gasteiger partial charge in [0, 0.05) is 32.6 Å². The van der Waals surface area contributed by atoms with Crippen LogP contribution in [0.25, 0.3) is 10.8 Å². The van der Waals surface area contributed by atoms with Crippen molar-refractivity contribution in [3.05, 3.63) is 42.5 Å². The molecule has 0 saturated heterocycles. The van der Waals surface area contributed by atoms with Crippen LogP contribution in [0.2, 0.25) is 0 Å². The fourth-order valence-corrected chi connectivity index (χ4v) is 2.93. The number of nitrogens with one attached hydrogen (secondary N) is 3. The van der Waals surface area contributed by atoms with Gasteiger partial charge >= 0.3 is 0 Å². The van der Waals surface area contributed by atoms with E-state index in [4.69, 9.17) is 4.74 Å². The van der Waals surface area contributed by atoms with Crippen molar-refractivity contribution >= 4 is 50.7 Å². The molecule has 0 radical (unpaired) electrons. The zero-order chi connectivity index (χ0) is 19.5. The molecule has 9 heteroatoms. The molecule has 7 nitrogen and oxygen atoms in total. The lowest BCUT2D eigenvalue weighted by molar-refractivity contribution is 0.314. The number of nitrogens with zero attached hydrogens (tertiary/aromatic N) is 1. The molecule has 0 aliphatic rings. The maximum atomic E-state index is 11.0. The Bertz CT molecular complexity index is 859.